The van der Waals surface area contributed by atoms with Gasteiger partial charge in [-0.3, -0.25) is 0 Å². The lowest BCUT2D eigenvalue weighted by Gasteiger charge is -2.23. The quantitative estimate of drug-likeness (QED) is 0.897. The first-order valence-corrected chi connectivity index (χ1v) is 9.05. The van der Waals surface area contributed by atoms with Crippen LogP contribution in [-0.4, -0.2) is 44.4 Å². The third kappa shape index (κ3) is 3.16. The number of sulfonamides is 1. The first-order chi connectivity index (χ1) is 9.46. The van der Waals surface area contributed by atoms with Crippen LogP contribution in [0.1, 0.15) is 12.0 Å². The summed E-state index contributed by atoms with van der Waals surface area (Å²) in [5, 5.41) is 2.91. The van der Waals surface area contributed by atoms with Gasteiger partial charge in [0, 0.05) is 25.4 Å². The lowest BCUT2D eigenvalue weighted by molar-refractivity contribution is 0.391. The molecule has 4 nitrogen and oxygen atoms in total. The van der Waals surface area contributed by atoms with Gasteiger partial charge in [0.25, 0.3) is 0 Å². The smallest absolute Gasteiger partial charge is 0.246 e. The van der Waals surface area contributed by atoms with E-state index in [1.807, 2.05) is 0 Å². The van der Waals surface area contributed by atoms with E-state index in [1.165, 1.54) is 23.5 Å². The maximum atomic E-state index is 14.1. The normalized spacial score (nSPS) is 19.7. The van der Waals surface area contributed by atoms with Crippen molar-refractivity contribution in [1.29, 1.82) is 0 Å². The van der Waals surface area contributed by atoms with E-state index in [1.54, 1.807) is 24.9 Å². The Balaban J connectivity index is 2.29. The van der Waals surface area contributed by atoms with Gasteiger partial charge in [-0.15, -0.1) is 0 Å². The minimum Gasteiger partial charge on any atom is -0.316 e. The average molecular weight is 318 g/mol. The van der Waals surface area contributed by atoms with Gasteiger partial charge in [-0.25, -0.2) is 12.8 Å². The highest BCUT2D eigenvalue weighted by molar-refractivity contribution is 7.99. The van der Waals surface area contributed by atoms with Crippen molar-refractivity contribution in [3.63, 3.8) is 0 Å². The van der Waals surface area contributed by atoms with Crippen LogP contribution in [0, 0.1) is 5.82 Å². The van der Waals surface area contributed by atoms with Gasteiger partial charge >= 0.3 is 0 Å². The zero-order valence-corrected chi connectivity index (χ0v) is 13.2. The van der Waals surface area contributed by atoms with Gasteiger partial charge in [-0.05, 0) is 36.9 Å². The molecule has 0 saturated carbocycles. The van der Waals surface area contributed by atoms with Crippen LogP contribution in [0.3, 0.4) is 0 Å². The van der Waals surface area contributed by atoms with Crippen LogP contribution in [-0.2, 0) is 16.6 Å². The predicted octanol–water partition coefficient (Wildman–Crippen LogP) is 1.67. The summed E-state index contributed by atoms with van der Waals surface area (Å²) in [7, 11) is -0.468. The predicted molar refractivity (Wildman–Crippen MR) is 79.8 cm³/mol. The Morgan fingerprint density at radius 3 is 2.80 bits per heavy atom. The summed E-state index contributed by atoms with van der Waals surface area (Å²) in [6, 6.07) is 4.24. The van der Waals surface area contributed by atoms with Crippen molar-refractivity contribution in [1.82, 2.24) is 9.62 Å². The zero-order chi connectivity index (χ0) is 14.8. The van der Waals surface area contributed by atoms with Crippen molar-refractivity contribution in [2.45, 2.75) is 23.9 Å². The molecule has 1 atom stereocenters. The maximum Gasteiger partial charge on any atom is 0.246 e. The molecule has 112 valence electrons. The molecule has 1 saturated heterocycles. The van der Waals surface area contributed by atoms with Gasteiger partial charge < -0.3 is 5.32 Å². The Morgan fingerprint density at radius 1 is 1.50 bits per heavy atom. The van der Waals surface area contributed by atoms with E-state index in [0.29, 0.717) is 6.54 Å². The van der Waals surface area contributed by atoms with Gasteiger partial charge in [0.15, 0.2) is 0 Å². The largest absolute Gasteiger partial charge is 0.316 e. The molecule has 7 heteroatoms. The first kappa shape index (κ1) is 15.8. The summed E-state index contributed by atoms with van der Waals surface area (Å²) < 4.78 is 40.3. The molecule has 0 amide bonds. The van der Waals surface area contributed by atoms with E-state index >= 15 is 0 Å². The summed E-state index contributed by atoms with van der Waals surface area (Å²) >= 11 is 1.73. The molecule has 1 fully saturated rings. The maximum absolute atomic E-state index is 14.1. The zero-order valence-electron chi connectivity index (χ0n) is 11.6. The molecule has 0 radical (unpaired) electrons. The van der Waals surface area contributed by atoms with Crippen LogP contribution >= 0.6 is 11.8 Å². The molecule has 0 bridgehead atoms. The molecule has 1 aliphatic rings. The Hall–Kier alpha value is -0.630. The third-order valence-electron chi connectivity index (χ3n) is 3.45. The number of nitrogens with zero attached hydrogens (tertiary/aromatic N) is 1. The van der Waals surface area contributed by atoms with Crippen LogP contribution in [0.4, 0.5) is 4.39 Å². The molecule has 0 aromatic heterocycles. The topological polar surface area (TPSA) is 49.4 Å². The van der Waals surface area contributed by atoms with Crippen molar-refractivity contribution >= 4 is 21.8 Å². The molecule has 1 unspecified atom stereocenters. The number of hydrogen-bond donors (Lipinski definition) is 1. The van der Waals surface area contributed by atoms with Crippen LogP contribution in [0.25, 0.3) is 0 Å². The number of benzene rings is 1. The summed E-state index contributed by atoms with van der Waals surface area (Å²) in [5.41, 5.74) is 0.725. The van der Waals surface area contributed by atoms with E-state index in [-0.39, 0.29) is 10.9 Å². The lowest BCUT2D eigenvalue weighted by atomic mass is 10.2. The Morgan fingerprint density at radius 2 is 2.25 bits per heavy atom. The number of hydrogen-bond acceptors (Lipinski definition) is 4. The standard InChI is InChI=1S/C13H19FN2O2S2/c1-15-8-10-3-4-13(12(14)7-10)20(17,18)16(2)11-5-6-19-9-11/h3-4,7,11,15H,5-6,8-9H2,1-2H3. The van der Waals surface area contributed by atoms with E-state index in [9.17, 15) is 12.8 Å². The Labute approximate surface area is 123 Å². The van der Waals surface area contributed by atoms with Gasteiger partial charge in [0.1, 0.15) is 10.7 Å². The monoisotopic (exact) mass is 318 g/mol. The van der Waals surface area contributed by atoms with Crippen molar-refractivity contribution in [3.05, 3.63) is 29.6 Å². The SMILES string of the molecule is CNCc1ccc(S(=O)(=O)N(C)C2CCSC2)c(F)c1. The highest BCUT2D eigenvalue weighted by Crippen LogP contribution is 2.27. The summed E-state index contributed by atoms with van der Waals surface area (Å²) in [4.78, 5) is -0.239. The molecule has 20 heavy (non-hydrogen) atoms. The first-order valence-electron chi connectivity index (χ1n) is 6.45. The summed E-state index contributed by atoms with van der Waals surface area (Å²) in [6.07, 6.45) is 0.819. The number of thioether (sulfide) groups is 1. The van der Waals surface area contributed by atoms with Gasteiger partial charge in [0.05, 0.1) is 0 Å². The third-order valence-corrected chi connectivity index (χ3v) is 6.54. The van der Waals surface area contributed by atoms with Crippen molar-refractivity contribution in [3.8, 4) is 0 Å². The molecule has 0 aliphatic carbocycles. The second-order valence-corrected chi connectivity index (χ2v) is 7.95. The lowest BCUT2D eigenvalue weighted by Crippen LogP contribution is -2.37. The highest BCUT2D eigenvalue weighted by Gasteiger charge is 2.32. The fraction of sp³-hybridized carbons (Fsp3) is 0.538. The minimum atomic E-state index is -3.76. The Kier molecular flexibility index (Phi) is 5.06. The molecule has 1 aromatic carbocycles. The molecular formula is C13H19FN2O2S2. The van der Waals surface area contributed by atoms with Gasteiger partial charge in [-0.2, -0.15) is 16.1 Å². The van der Waals surface area contributed by atoms with E-state index < -0.39 is 15.8 Å². The average Bonchev–Trinajstić information content (AvgIpc) is 2.91. The van der Waals surface area contributed by atoms with Gasteiger partial charge in [0.2, 0.25) is 10.0 Å². The van der Waals surface area contributed by atoms with Crippen molar-refractivity contribution < 1.29 is 12.8 Å². The molecule has 1 aliphatic heterocycles. The number of rotatable bonds is 5. The van der Waals surface area contributed by atoms with E-state index in [2.05, 4.69) is 5.32 Å². The fourth-order valence-corrected chi connectivity index (χ4v) is 5.02. The highest BCUT2D eigenvalue weighted by atomic mass is 32.2. The van der Waals surface area contributed by atoms with E-state index in [4.69, 9.17) is 0 Å². The Bertz CT molecular complexity index is 572. The molecular weight excluding hydrogens is 299 g/mol. The summed E-state index contributed by atoms with van der Waals surface area (Å²) in [6.45, 7) is 0.506. The van der Waals surface area contributed by atoms with Crippen molar-refractivity contribution in [2.24, 2.45) is 0 Å². The molecule has 1 aromatic rings. The molecule has 2 rings (SSSR count). The fourth-order valence-electron chi connectivity index (χ4n) is 2.23. The van der Waals surface area contributed by atoms with Crippen LogP contribution in [0.2, 0.25) is 0 Å². The molecule has 1 N–H and O–H groups in total. The number of halogens is 1. The summed E-state index contributed by atoms with van der Waals surface area (Å²) in [5.74, 6) is 1.04. The van der Waals surface area contributed by atoms with Crippen LogP contribution < -0.4 is 5.32 Å². The van der Waals surface area contributed by atoms with E-state index in [0.717, 1.165) is 23.5 Å². The molecule has 1 heterocycles. The molecule has 0 spiro atoms. The minimum absolute atomic E-state index is 0.0404. The van der Waals surface area contributed by atoms with Crippen LogP contribution in [0.5, 0.6) is 0 Å². The van der Waals surface area contributed by atoms with Gasteiger partial charge in [-0.1, -0.05) is 6.07 Å². The second-order valence-electron chi connectivity index (χ2n) is 4.83. The number of nitrogens with one attached hydrogen (secondary N) is 1. The second kappa shape index (κ2) is 6.43. The van der Waals surface area contributed by atoms with Crippen molar-refractivity contribution in [2.75, 3.05) is 25.6 Å². The van der Waals surface area contributed by atoms with Crippen LogP contribution in [0.15, 0.2) is 23.1 Å².